The van der Waals surface area contributed by atoms with Crippen molar-refractivity contribution < 1.29 is 4.74 Å². The van der Waals surface area contributed by atoms with Crippen LogP contribution in [0.5, 0.6) is 5.75 Å². The Morgan fingerprint density at radius 3 is 2.83 bits per heavy atom. The molecule has 1 aromatic rings. The molecule has 3 heteroatoms. The normalized spacial score (nSPS) is 14.8. The average molecular weight is 312 g/mol. The highest BCUT2D eigenvalue weighted by molar-refractivity contribution is 9.10. The maximum Gasteiger partial charge on any atom is 0.126 e. The second-order valence-corrected chi connectivity index (χ2v) is 5.99. The first-order chi connectivity index (χ1) is 8.70. The van der Waals surface area contributed by atoms with Crippen molar-refractivity contribution in [3.63, 3.8) is 0 Å². The molecule has 0 unspecified atom stereocenters. The Morgan fingerprint density at radius 2 is 2.17 bits per heavy atom. The maximum absolute atomic E-state index is 6.01. The van der Waals surface area contributed by atoms with Gasteiger partial charge in [-0.1, -0.05) is 35.7 Å². The van der Waals surface area contributed by atoms with E-state index in [0.29, 0.717) is 0 Å². The molecule has 0 bridgehead atoms. The molecule has 0 saturated heterocycles. The molecule has 1 aliphatic carbocycles. The number of nitrogens with one attached hydrogen (secondary N) is 1. The number of ether oxygens (including phenoxy) is 1. The summed E-state index contributed by atoms with van der Waals surface area (Å²) < 4.78 is 7.14. The highest BCUT2D eigenvalue weighted by Gasteiger charge is 2.21. The Morgan fingerprint density at radius 1 is 1.39 bits per heavy atom. The van der Waals surface area contributed by atoms with Crippen molar-refractivity contribution in [2.45, 2.75) is 39.7 Å². The van der Waals surface area contributed by atoms with Crippen LogP contribution in [0.1, 0.15) is 37.3 Å². The molecular formula is C15H22BrNO. The average Bonchev–Trinajstić information content (AvgIpc) is 3.13. The third-order valence-electron chi connectivity index (χ3n) is 3.35. The van der Waals surface area contributed by atoms with Crippen LogP contribution in [0, 0.1) is 12.8 Å². The smallest absolute Gasteiger partial charge is 0.126 e. The molecule has 1 fully saturated rings. The third-order valence-corrected chi connectivity index (χ3v) is 3.81. The quantitative estimate of drug-likeness (QED) is 0.820. The summed E-state index contributed by atoms with van der Waals surface area (Å²) in [6.07, 6.45) is 4.00. The molecule has 0 aliphatic heterocycles. The highest BCUT2D eigenvalue weighted by Crippen LogP contribution is 2.33. The predicted molar refractivity (Wildman–Crippen MR) is 79.1 cm³/mol. The zero-order chi connectivity index (χ0) is 13.0. The van der Waals surface area contributed by atoms with E-state index in [9.17, 15) is 0 Å². The summed E-state index contributed by atoms with van der Waals surface area (Å²) in [4.78, 5) is 0. The van der Waals surface area contributed by atoms with Gasteiger partial charge in [0.1, 0.15) is 5.75 Å². The van der Waals surface area contributed by atoms with Crippen molar-refractivity contribution in [1.82, 2.24) is 5.32 Å². The second kappa shape index (κ2) is 6.58. The number of halogens is 1. The lowest BCUT2D eigenvalue weighted by Crippen LogP contribution is -2.14. The fourth-order valence-electron chi connectivity index (χ4n) is 2.13. The molecule has 0 aromatic heterocycles. The van der Waals surface area contributed by atoms with Crippen molar-refractivity contribution >= 4 is 15.9 Å². The molecular weight excluding hydrogens is 290 g/mol. The van der Waals surface area contributed by atoms with Gasteiger partial charge in [0.05, 0.1) is 6.61 Å². The molecule has 0 radical (unpaired) electrons. The molecule has 1 aromatic carbocycles. The first-order valence-electron chi connectivity index (χ1n) is 6.83. The minimum absolute atomic E-state index is 0.853. The molecule has 100 valence electrons. The van der Waals surface area contributed by atoms with Gasteiger partial charge in [-0.05, 0) is 43.5 Å². The Bertz CT molecular complexity index is 402. The summed E-state index contributed by atoms with van der Waals surface area (Å²) in [7, 11) is 0. The minimum Gasteiger partial charge on any atom is -0.493 e. The molecule has 0 spiro atoms. The summed E-state index contributed by atoms with van der Waals surface area (Å²) in [5.74, 6) is 2.00. The topological polar surface area (TPSA) is 21.3 Å². The van der Waals surface area contributed by atoms with Gasteiger partial charge in [0, 0.05) is 16.6 Å². The molecule has 1 saturated carbocycles. The lowest BCUT2D eigenvalue weighted by atomic mass is 10.1. The Balaban J connectivity index is 2.03. The Hall–Kier alpha value is -0.540. The van der Waals surface area contributed by atoms with Crippen LogP contribution in [0.15, 0.2) is 16.6 Å². The largest absolute Gasteiger partial charge is 0.493 e. The highest BCUT2D eigenvalue weighted by atomic mass is 79.9. The lowest BCUT2D eigenvalue weighted by Gasteiger charge is -2.15. The van der Waals surface area contributed by atoms with Gasteiger partial charge in [0.25, 0.3) is 0 Å². The van der Waals surface area contributed by atoms with E-state index in [-0.39, 0.29) is 0 Å². The van der Waals surface area contributed by atoms with E-state index < -0.39 is 0 Å². The van der Waals surface area contributed by atoms with Crippen LogP contribution in [0.2, 0.25) is 0 Å². The molecule has 18 heavy (non-hydrogen) atoms. The van der Waals surface area contributed by atoms with Crippen molar-refractivity contribution in [1.29, 1.82) is 0 Å². The van der Waals surface area contributed by atoms with E-state index in [1.54, 1.807) is 0 Å². The van der Waals surface area contributed by atoms with Crippen LogP contribution in [0.4, 0.5) is 0 Å². The van der Waals surface area contributed by atoms with Gasteiger partial charge in [-0.2, -0.15) is 0 Å². The molecule has 0 heterocycles. The summed E-state index contributed by atoms with van der Waals surface area (Å²) in [6.45, 7) is 6.94. The summed E-state index contributed by atoms with van der Waals surface area (Å²) in [5, 5.41) is 3.37. The van der Waals surface area contributed by atoms with Crippen molar-refractivity contribution in [3.05, 3.63) is 27.7 Å². The van der Waals surface area contributed by atoms with Gasteiger partial charge in [-0.15, -0.1) is 0 Å². The first-order valence-corrected chi connectivity index (χ1v) is 7.62. The van der Waals surface area contributed by atoms with Crippen LogP contribution < -0.4 is 10.1 Å². The summed E-state index contributed by atoms with van der Waals surface area (Å²) >= 11 is 3.56. The van der Waals surface area contributed by atoms with Gasteiger partial charge in [-0.3, -0.25) is 0 Å². The van der Waals surface area contributed by atoms with Crippen LogP contribution in [0.3, 0.4) is 0 Å². The number of benzene rings is 1. The molecule has 2 nitrogen and oxygen atoms in total. The SMILES string of the molecule is CCNCc1cc(Br)cc(C)c1OCCC1CC1. The van der Waals surface area contributed by atoms with Gasteiger partial charge >= 0.3 is 0 Å². The Kier molecular flexibility index (Phi) is 5.07. The lowest BCUT2D eigenvalue weighted by molar-refractivity contribution is 0.297. The van der Waals surface area contributed by atoms with Crippen molar-refractivity contribution in [3.8, 4) is 5.75 Å². The molecule has 1 aliphatic rings. The summed E-state index contributed by atoms with van der Waals surface area (Å²) in [5.41, 5.74) is 2.47. The zero-order valence-corrected chi connectivity index (χ0v) is 12.8. The van der Waals surface area contributed by atoms with Crippen LogP contribution in [-0.4, -0.2) is 13.2 Å². The van der Waals surface area contributed by atoms with E-state index in [4.69, 9.17) is 4.74 Å². The fraction of sp³-hybridized carbons (Fsp3) is 0.600. The standard InChI is InChI=1S/C15H22BrNO/c1-3-17-10-13-9-14(16)8-11(2)15(13)18-7-6-12-4-5-12/h8-9,12,17H,3-7,10H2,1-2H3. The predicted octanol–water partition coefficient (Wildman–Crippen LogP) is 4.05. The van der Waals surface area contributed by atoms with Gasteiger partial charge in [0.15, 0.2) is 0 Å². The Labute approximate surface area is 118 Å². The summed E-state index contributed by atoms with van der Waals surface area (Å²) in [6, 6.07) is 4.28. The number of hydrogen-bond acceptors (Lipinski definition) is 2. The number of aryl methyl sites for hydroxylation is 1. The number of rotatable bonds is 7. The van der Waals surface area contributed by atoms with E-state index in [2.05, 4.69) is 47.2 Å². The molecule has 0 atom stereocenters. The van der Waals surface area contributed by atoms with Crippen molar-refractivity contribution in [2.24, 2.45) is 5.92 Å². The van der Waals surface area contributed by atoms with Crippen LogP contribution in [-0.2, 0) is 6.54 Å². The number of hydrogen-bond donors (Lipinski definition) is 1. The monoisotopic (exact) mass is 311 g/mol. The van der Waals surface area contributed by atoms with E-state index in [0.717, 1.165) is 35.8 Å². The van der Waals surface area contributed by atoms with Gasteiger partial charge in [-0.25, -0.2) is 0 Å². The first kappa shape index (κ1) is 13.9. The van der Waals surface area contributed by atoms with Crippen molar-refractivity contribution in [2.75, 3.05) is 13.2 Å². The van der Waals surface area contributed by atoms with E-state index in [1.807, 2.05) is 0 Å². The van der Waals surface area contributed by atoms with Crippen LogP contribution in [0.25, 0.3) is 0 Å². The maximum atomic E-state index is 6.01. The van der Waals surface area contributed by atoms with E-state index in [1.165, 1.54) is 30.4 Å². The third kappa shape index (κ3) is 3.99. The molecule has 1 N–H and O–H groups in total. The minimum atomic E-state index is 0.853. The zero-order valence-electron chi connectivity index (χ0n) is 11.3. The molecule has 2 rings (SSSR count). The van der Waals surface area contributed by atoms with Crippen LogP contribution >= 0.6 is 15.9 Å². The van der Waals surface area contributed by atoms with E-state index >= 15 is 0 Å². The fourth-order valence-corrected chi connectivity index (χ4v) is 2.75. The molecule has 0 amide bonds. The van der Waals surface area contributed by atoms with Gasteiger partial charge < -0.3 is 10.1 Å². The van der Waals surface area contributed by atoms with Gasteiger partial charge in [0.2, 0.25) is 0 Å². The second-order valence-electron chi connectivity index (χ2n) is 5.07.